The van der Waals surface area contributed by atoms with E-state index < -0.39 is 11.2 Å². The van der Waals surface area contributed by atoms with E-state index in [4.69, 9.17) is 10.7 Å². The minimum Gasteiger partial charge on any atom is -0.611 e. The van der Waals surface area contributed by atoms with Gasteiger partial charge in [0.1, 0.15) is 21.6 Å². The third-order valence-electron chi connectivity index (χ3n) is 5.38. The molecule has 0 bridgehead atoms. The topological polar surface area (TPSA) is 92.7 Å². The van der Waals surface area contributed by atoms with Crippen LogP contribution in [0.5, 0.6) is 0 Å². The molecule has 1 fully saturated rings. The number of fused-ring (bicyclic) bond motifs is 1. The second-order valence-corrected chi connectivity index (χ2v) is 10.8. The predicted octanol–water partition coefficient (Wildman–Crippen LogP) is 4.37. The Morgan fingerprint density at radius 2 is 2.14 bits per heavy atom. The Morgan fingerprint density at radius 3 is 2.75 bits per heavy atom. The highest BCUT2D eigenvalue weighted by Gasteiger charge is 2.35. The summed E-state index contributed by atoms with van der Waals surface area (Å²) in [5.74, 6) is 0.923. The van der Waals surface area contributed by atoms with Crippen LogP contribution in [-0.2, 0) is 18.2 Å². The van der Waals surface area contributed by atoms with Crippen molar-refractivity contribution >= 4 is 49.8 Å². The Balaban J connectivity index is 1.77. The third kappa shape index (κ3) is 2.76. The number of nitrogen functional groups attached to an aromatic ring is 1. The molecule has 144 valence electrons. The summed E-state index contributed by atoms with van der Waals surface area (Å²) >= 11 is 1.94. The van der Waals surface area contributed by atoms with E-state index in [1.807, 2.05) is 37.0 Å². The molecular formula is C19H19N5OS3. The molecule has 4 aromatic heterocycles. The van der Waals surface area contributed by atoms with Gasteiger partial charge in [0.15, 0.2) is 0 Å². The molecule has 0 saturated heterocycles. The summed E-state index contributed by atoms with van der Waals surface area (Å²) in [5.41, 5.74) is 11.8. The second kappa shape index (κ2) is 6.84. The van der Waals surface area contributed by atoms with Crippen molar-refractivity contribution in [3.05, 3.63) is 29.8 Å². The van der Waals surface area contributed by atoms with E-state index in [2.05, 4.69) is 9.97 Å². The first-order chi connectivity index (χ1) is 13.5. The number of nitrogens with zero attached hydrogens (tertiary/aromatic N) is 4. The van der Waals surface area contributed by atoms with Gasteiger partial charge in [-0.2, -0.15) is 0 Å². The van der Waals surface area contributed by atoms with Gasteiger partial charge in [-0.3, -0.25) is 4.98 Å². The lowest BCUT2D eigenvalue weighted by Crippen LogP contribution is -2.28. The lowest BCUT2D eigenvalue weighted by atomic mass is 10.0. The number of rotatable bonds is 4. The number of hydrogen-bond acceptors (Lipinski definition) is 7. The average Bonchev–Trinajstić information content (AvgIpc) is 3.34. The van der Waals surface area contributed by atoms with Crippen LogP contribution >= 0.6 is 22.7 Å². The quantitative estimate of drug-likeness (QED) is 0.486. The van der Waals surface area contributed by atoms with Gasteiger partial charge in [0.05, 0.1) is 28.0 Å². The monoisotopic (exact) mass is 429 g/mol. The highest BCUT2D eigenvalue weighted by molar-refractivity contribution is 7.94. The molecule has 0 spiro atoms. The number of hydrogen-bond donors (Lipinski definition) is 1. The molecule has 6 nitrogen and oxygen atoms in total. The van der Waals surface area contributed by atoms with Crippen molar-refractivity contribution in [1.29, 1.82) is 0 Å². The molecule has 1 unspecified atom stereocenters. The summed E-state index contributed by atoms with van der Waals surface area (Å²) < 4.78 is 15.8. The van der Waals surface area contributed by atoms with E-state index in [9.17, 15) is 4.55 Å². The maximum absolute atomic E-state index is 13.0. The number of anilines is 1. The number of thiophene rings is 1. The molecule has 4 aromatic rings. The Hall–Kier alpha value is -1.94. The van der Waals surface area contributed by atoms with Crippen LogP contribution in [0, 0.1) is 6.92 Å². The number of nitrogens with two attached hydrogens (primary N) is 1. The zero-order chi connectivity index (χ0) is 19.4. The average molecular weight is 430 g/mol. The minimum absolute atomic E-state index is 0.221. The standard InChI is InChI=1S/C19H19N5OS3/c1-10-22-7-14(24(10)2)12-6-13(15-8-21-9-26-15)23-18-16(12)17(20)19(27-18)28(25)11-4-3-5-11/h6-9,11H,3-5,20H2,1-2H3. The van der Waals surface area contributed by atoms with Crippen LogP contribution in [0.15, 0.2) is 28.2 Å². The van der Waals surface area contributed by atoms with Gasteiger partial charge in [-0.05, 0) is 32.3 Å². The van der Waals surface area contributed by atoms with Gasteiger partial charge in [0.25, 0.3) is 0 Å². The van der Waals surface area contributed by atoms with Gasteiger partial charge < -0.3 is 14.9 Å². The van der Waals surface area contributed by atoms with E-state index in [-0.39, 0.29) is 5.25 Å². The van der Waals surface area contributed by atoms with Crippen LogP contribution in [0.3, 0.4) is 0 Å². The van der Waals surface area contributed by atoms with E-state index in [1.54, 1.807) is 16.8 Å². The first kappa shape index (κ1) is 18.1. The van der Waals surface area contributed by atoms with Crippen molar-refractivity contribution in [3.8, 4) is 21.8 Å². The Bertz CT molecular complexity index is 1160. The van der Waals surface area contributed by atoms with Crippen molar-refractivity contribution in [2.24, 2.45) is 7.05 Å². The predicted molar refractivity (Wildman–Crippen MR) is 116 cm³/mol. The smallest absolute Gasteiger partial charge is 0.232 e. The maximum Gasteiger partial charge on any atom is 0.232 e. The zero-order valence-electron chi connectivity index (χ0n) is 15.5. The Kier molecular flexibility index (Phi) is 4.42. The van der Waals surface area contributed by atoms with Gasteiger partial charge in [-0.1, -0.05) is 11.3 Å². The highest BCUT2D eigenvalue weighted by atomic mass is 32.2. The van der Waals surface area contributed by atoms with Crippen molar-refractivity contribution < 1.29 is 4.55 Å². The van der Waals surface area contributed by atoms with Crippen molar-refractivity contribution in [1.82, 2.24) is 19.5 Å². The molecule has 1 saturated carbocycles. The van der Waals surface area contributed by atoms with Gasteiger partial charge in [0.2, 0.25) is 4.21 Å². The molecule has 1 atom stereocenters. The number of aryl methyl sites for hydroxylation is 1. The van der Waals surface area contributed by atoms with Gasteiger partial charge in [-0.25, -0.2) is 9.97 Å². The zero-order valence-corrected chi connectivity index (χ0v) is 18.0. The summed E-state index contributed by atoms with van der Waals surface area (Å²) in [6.07, 6.45) is 6.84. The molecule has 5 rings (SSSR count). The second-order valence-electron chi connectivity index (χ2n) is 7.00. The van der Waals surface area contributed by atoms with Crippen LogP contribution in [0.2, 0.25) is 0 Å². The van der Waals surface area contributed by atoms with Crippen LogP contribution in [0.1, 0.15) is 25.1 Å². The van der Waals surface area contributed by atoms with Crippen LogP contribution in [-0.4, -0.2) is 29.3 Å². The lowest BCUT2D eigenvalue weighted by Gasteiger charge is -2.27. The molecule has 4 heterocycles. The number of pyridine rings is 1. The first-order valence-electron chi connectivity index (χ1n) is 9.05. The van der Waals surface area contributed by atoms with Gasteiger partial charge in [-0.15, -0.1) is 11.3 Å². The number of imidazole rings is 1. The van der Waals surface area contributed by atoms with E-state index in [0.717, 1.165) is 61.3 Å². The van der Waals surface area contributed by atoms with Gasteiger partial charge >= 0.3 is 0 Å². The molecule has 9 heteroatoms. The summed E-state index contributed by atoms with van der Waals surface area (Å²) in [6.45, 7) is 1.97. The number of thiazole rings is 1. The van der Waals surface area contributed by atoms with Crippen molar-refractivity contribution in [2.75, 3.05) is 5.73 Å². The maximum atomic E-state index is 13.0. The summed E-state index contributed by atoms with van der Waals surface area (Å²) in [5, 5.41) is 1.10. The molecule has 1 aliphatic carbocycles. The normalized spacial score (nSPS) is 15.8. The molecule has 0 aromatic carbocycles. The molecule has 0 amide bonds. The molecule has 1 aliphatic rings. The molecular weight excluding hydrogens is 410 g/mol. The van der Waals surface area contributed by atoms with E-state index in [1.165, 1.54) is 11.3 Å². The minimum atomic E-state index is -1.07. The van der Waals surface area contributed by atoms with Crippen molar-refractivity contribution in [3.63, 3.8) is 0 Å². The Labute approximate surface area is 173 Å². The highest BCUT2D eigenvalue weighted by Crippen LogP contribution is 2.46. The fourth-order valence-electron chi connectivity index (χ4n) is 3.41. The molecule has 0 aliphatic heterocycles. The fourth-order valence-corrected chi connectivity index (χ4v) is 7.20. The van der Waals surface area contributed by atoms with Gasteiger partial charge in [0, 0.05) is 35.4 Å². The van der Waals surface area contributed by atoms with Crippen LogP contribution in [0.4, 0.5) is 5.69 Å². The summed E-state index contributed by atoms with van der Waals surface area (Å²) in [6, 6.07) is 2.05. The van der Waals surface area contributed by atoms with Crippen LogP contribution in [0.25, 0.3) is 32.0 Å². The first-order valence-corrected chi connectivity index (χ1v) is 12.0. The lowest BCUT2D eigenvalue weighted by molar-refractivity contribution is 0.478. The molecule has 2 N–H and O–H groups in total. The summed E-state index contributed by atoms with van der Waals surface area (Å²) in [7, 11) is 1.99. The largest absolute Gasteiger partial charge is 0.611 e. The number of aromatic nitrogens is 4. The van der Waals surface area contributed by atoms with Crippen LogP contribution < -0.4 is 5.73 Å². The SMILES string of the molecule is Cc1ncc(-c2cc(-c3cncs3)nc3sc([S+]([O-])C4CCC4)c(N)c23)n1C. The van der Waals surface area contributed by atoms with E-state index >= 15 is 0 Å². The molecule has 28 heavy (non-hydrogen) atoms. The molecule has 0 radical (unpaired) electrons. The van der Waals surface area contributed by atoms with E-state index in [0.29, 0.717) is 5.69 Å². The fraction of sp³-hybridized carbons (Fsp3) is 0.316. The summed E-state index contributed by atoms with van der Waals surface area (Å²) in [4.78, 5) is 15.3. The van der Waals surface area contributed by atoms with Crippen molar-refractivity contribution in [2.45, 2.75) is 35.6 Å². The Morgan fingerprint density at radius 1 is 1.32 bits per heavy atom. The third-order valence-corrected chi connectivity index (χ3v) is 9.48.